The van der Waals surface area contributed by atoms with Crippen LogP contribution < -0.4 is 5.32 Å². The van der Waals surface area contributed by atoms with E-state index in [1.54, 1.807) is 6.92 Å². The monoisotopic (exact) mass is 253 g/mol. The number of thiocarbonyl (C=S) groups is 1. The topological polar surface area (TPSA) is 102 Å². The van der Waals surface area contributed by atoms with Gasteiger partial charge in [-0.05, 0) is 6.92 Å². The molecule has 1 aliphatic rings. The summed E-state index contributed by atoms with van der Waals surface area (Å²) in [6.07, 6.45) is -5.83. The zero-order valence-corrected chi connectivity index (χ0v) is 9.02. The van der Waals surface area contributed by atoms with Crippen molar-refractivity contribution in [3.63, 3.8) is 0 Å². The Balaban J connectivity index is 0.00000225. The summed E-state index contributed by atoms with van der Waals surface area (Å²) in [5, 5.41) is 39.9. The van der Waals surface area contributed by atoms with E-state index in [-0.39, 0.29) is 7.43 Å². The Labute approximate surface area is 99.9 Å². The smallest absolute Gasteiger partial charge is 0.157 e. The first-order valence-electron chi connectivity index (χ1n) is 4.55. The van der Waals surface area contributed by atoms with Gasteiger partial charge in [-0.15, -0.1) is 0 Å². The zero-order chi connectivity index (χ0) is 11.6. The highest BCUT2D eigenvalue weighted by Crippen LogP contribution is 2.19. The molecule has 0 amide bonds. The van der Waals surface area contributed by atoms with Crippen molar-refractivity contribution in [2.75, 3.05) is 6.61 Å². The standard InChI is InChI=1S/C8H15NO5S.CH4/c1-3(15)9-8-7(13)6(12)5(11)4(2-10)14-8;/h4-8,10-13H,2H2,1H3,(H,9,15);1H4. The molecule has 0 aromatic carbocycles. The maximum absolute atomic E-state index is 9.53. The summed E-state index contributed by atoms with van der Waals surface area (Å²) in [4.78, 5) is 0.388. The van der Waals surface area contributed by atoms with E-state index in [4.69, 9.17) is 22.1 Å². The van der Waals surface area contributed by atoms with Crippen LogP contribution in [0.4, 0.5) is 0 Å². The van der Waals surface area contributed by atoms with Gasteiger partial charge >= 0.3 is 0 Å². The van der Waals surface area contributed by atoms with Crippen molar-refractivity contribution >= 4 is 17.2 Å². The number of hydrogen-bond acceptors (Lipinski definition) is 6. The van der Waals surface area contributed by atoms with E-state index in [1.807, 2.05) is 0 Å². The predicted octanol–water partition coefficient (Wildman–Crippen LogP) is -1.64. The number of aliphatic hydroxyl groups is 4. The van der Waals surface area contributed by atoms with Crippen LogP contribution in [0.1, 0.15) is 14.4 Å². The number of ether oxygens (including phenoxy) is 1. The van der Waals surface area contributed by atoms with Gasteiger partial charge in [-0.1, -0.05) is 19.6 Å². The molecule has 1 fully saturated rings. The van der Waals surface area contributed by atoms with E-state index in [0.29, 0.717) is 4.99 Å². The van der Waals surface area contributed by atoms with Gasteiger partial charge in [0.25, 0.3) is 0 Å². The molecule has 0 saturated carbocycles. The van der Waals surface area contributed by atoms with E-state index >= 15 is 0 Å². The van der Waals surface area contributed by atoms with Crippen molar-refractivity contribution in [1.82, 2.24) is 5.32 Å². The molecule has 5 N–H and O–H groups in total. The maximum Gasteiger partial charge on any atom is 0.157 e. The SMILES string of the molecule is C.CC(=S)NC1OC(CO)C(O)C(O)C1O. The van der Waals surface area contributed by atoms with Crippen LogP contribution in [0.25, 0.3) is 0 Å². The lowest BCUT2D eigenvalue weighted by molar-refractivity contribution is -0.232. The first-order valence-corrected chi connectivity index (χ1v) is 4.95. The second-order valence-electron chi connectivity index (χ2n) is 3.45. The van der Waals surface area contributed by atoms with Gasteiger partial charge in [0.2, 0.25) is 0 Å². The minimum absolute atomic E-state index is 0. The molecule has 1 aliphatic heterocycles. The van der Waals surface area contributed by atoms with Crippen LogP contribution >= 0.6 is 12.2 Å². The van der Waals surface area contributed by atoms with Gasteiger partial charge in [-0.2, -0.15) is 0 Å². The van der Waals surface area contributed by atoms with E-state index in [9.17, 15) is 15.3 Å². The molecule has 0 aliphatic carbocycles. The highest BCUT2D eigenvalue weighted by Gasteiger charge is 2.43. The second-order valence-corrected chi connectivity index (χ2v) is 4.06. The number of hydrogen-bond donors (Lipinski definition) is 5. The van der Waals surface area contributed by atoms with Crippen LogP contribution in [-0.2, 0) is 4.74 Å². The Bertz CT molecular complexity index is 238. The summed E-state index contributed by atoms with van der Waals surface area (Å²) >= 11 is 4.76. The van der Waals surface area contributed by atoms with Gasteiger partial charge in [0.15, 0.2) is 6.23 Å². The molecule has 16 heavy (non-hydrogen) atoms. The Morgan fingerprint density at radius 2 is 1.81 bits per heavy atom. The van der Waals surface area contributed by atoms with E-state index in [0.717, 1.165) is 0 Å². The van der Waals surface area contributed by atoms with Crippen molar-refractivity contribution in [3.8, 4) is 0 Å². The summed E-state index contributed by atoms with van der Waals surface area (Å²) in [6, 6.07) is 0. The molecule has 1 saturated heterocycles. The van der Waals surface area contributed by atoms with Crippen molar-refractivity contribution in [2.45, 2.75) is 45.0 Å². The predicted molar refractivity (Wildman–Crippen MR) is 61.9 cm³/mol. The normalized spacial score (nSPS) is 38.7. The molecule has 0 spiro atoms. The number of rotatable bonds is 2. The average Bonchev–Trinajstić information content (AvgIpc) is 2.18. The molecule has 0 aromatic rings. The van der Waals surface area contributed by atoms with E-state index in [1.165, 1.54) is 0 Å². The number of nitrogens with one attached hydrogen (secondary N) is 1. The Kier molecular flexibility index (Phi) is 6.31. The second kappa shape index (κ2) is 6.43. The lowest BCUT2D eigenvalue weighted by atomic mass is 9.98. The highest BCUT2D eigenvalue weighted by atomic mass is 32.1. The molecular formula is C9H19NO5S. The first kappa shape index (κ1) is 15.7. The third-order valence-electron chi connectivity index (χ3n) is 2.24. The molecule has 1 rings (SSSR count). The van der Waals surface area contributed by atoms with Gasteiger partial charge in [-0.25, -0.2) is 0 Å². The van der Waals surface area contributed by atoms with Crippen molar-refractivity contribution < 1.29 is 25.2 Å². The largest absolute Gasteiger partial charge is 0.394 e. The molecule has 6 nitrogen and oxygen atoms in total. The fraction of sp³-hybridized carbons (Fsp3) is 0.889. The zero-order valence-electron chi connectivity index (χ0n) is 8.20. The summed E-state index contributed by atoms with van der Waals surface area (Å²) in [5.74, 6) is 0. The van der Waals surface area contributed by atoms with E-state index in [2.05, 4.69) is 5.32 Å². The number of aliphatic hydroxyl groups excluding tert-OH is 4. The van der Waals surface area contributed by atoms with Gasteiger partial charge in [-0.3, -0.25) is 0 Å². The fourth-order valence-corrected chi connectivity index (χ4v) is 1.54. The molecule has 5 atom stereocenters. The van der Waals surface area contributed by atoms with Crippen LogP contribution in [0.5, 0.6) is 0 Å². The molecule has 0 aromatic heterocycles. The third kappa shape index (κ3) is 3.34. The molecule has 96 valence electrons. The lowest BCUT2D eigenvalue weighted by Gasteiger charge is -2.40. The molecule has 0 radical (unpaired) electrons. The highest BCUT2D eigenvalue weighted by molar-refractivity contribution is 7.80. The average molecular weight is 253 g/mol. The van der Waals surface area contributed by atoms with Gasteiger partial charge in [0.1, 0.15) is 24.4 Å². The van der Waals surface area contributed by atoms with Crippen LogP contribution in [0.15, 0.2) is 0 Å². The fourth-order valence-electron chi connectivity index (χ4n) is 1.42. The summed E-state index contributed by atoms with van der Waals surface area (Å²) in [6.45, 7) is 1.15. The Morgan fingerprint density at radius 3 is 2.25 bits per heavy atom. The minimum atomic E-state index is -1.37. The minimum Gasteiger partial charge on any atom is -0.394 e. The van der Waals surface area contributed by atoms with E-state index < -0.39 is 37.3 Å². The third-order valence-corrected chi connectivity index (χ3v) is 2.36. The molecule has 0 bridgehead atoms. The molecule has 7 heteroatoms. The van der Waals surface area contributed by atoms with Crippen molar-refractivity contribution in [2.24, 2.45) is 0 Å². The summed E-state index contributed by atoms with van der Waals surface area (Å²) in [7, 11) is 0. The van der Waals surface area contributed by atoms with Crippen molar-refractivity contribution in [3.05, 3.63) is 0 Å². The lowest BCUT2D eigenvalue weighted by Crippen LogP contribution is -2.62. The first-order chi connectivity index (χ1) is 6.97. The Morgan fingerprint density at radius 1 is 1.25 bits per heavy atom. The summed E-state index contributed by atoms with van der Waals surface area (Å²) < 4.78 is 5.13. The molecule has 5 unspecified atom stereocenters. The van der Waals surface area contributed by atoms with Crippen LogP contribution in [0, 0.1) is 0 Å². The van der Waals surface area contributed by atoms with Crippen LogP contribution in [0.2, 0.25) is 0 Å². The van der Waals surface area contributed by atoms with Gasteiger partial charge < -0.3 is 30.5 Å². The molecule has 1 heterocycles. The summed E-state index contributed by atoms with van der Waals surface area (Å²) in [5.41, 5.74) is 0. The van der Waals surface area contributed by atoms with Crippen molar-refractivity contribution in [1.29, 1.82) is 0 Å². The van der Waals surface area contributed by atoms with Crippen LogP contribution in [0.3, 0.4) is 0 Å². The van der Waals surface area contributed by atoms with Crippen LogP contribution in [-0.4, -0.2) is 62.7 Å². The quantitative estimate of drug-likeness (QED) is 0.376. The maximum atomic E-state index is 9.53. The van der Waals surface area contributed by atoms with Gasteiger partial charge in [0.05, 0.1) is 11.6 Å². The Hall–Kier alpha value is -0.310. The molecular weight excluding hydrogens is 234 g/mol. The van der Waals surface area contributed by atoms with Gasteiger partial charge in [0, 0.05) is 0 Å².